The van der Waals surface area contributed by atoms with Gasteiger partial charge in [-0.05, 0) is 65.4 Å². The Labute approximate surface area is 212 Å². The lowest BCUT2D eigenvalue weighted by atomic mass is 10.1. The van der Waals surface area contributed by atoms with Gasteiger partial charge in [-0.2, -0.15) is 4.80 Å². The van der Waals surface area contributed by atoms with Crippen LogP contribution in [0.15, 0.2) is 128 Å². The van der Waals surface area contributed by atoms with Gasteiger partial charge in [-0.25, -0.2) is 0 Å². The van der Waals surface area contributed by atoms with Gasteiger partial charge in [0.15, 0.2) is 0 Å². The molecular formula is C32H21N5. The lowest BCUT2D eigenvalue weighted by molar-refractivity contribution is 0.766. The summed E-state index contributed by atoms with van der Waals surface area (Å²) in [6.45, 7) is 0. The average Bonchev–Trinajstić information content (AvgIpc) is 3.69. The molecule has 0 saturated heterocycles. The van der Waals surface area contributed by atoms with Crippen molar-refractivity contribution in [2.45, 2.75) is 0 Å². The molecule has 0 spiro atoms. The molecule has 8 rings (SSSR count). The lowest BCUT2D eigenvalue weighted by Gasteiger charge is -2.10. The molecule has 0 unspecified atom stereocenters. The Morgan fingerprint density at radius 3 is 1.84 bits per heavy atom. The number of nitrogens with zero attached hydrogens (tertiary/aromatic N) is 5. The standard InChI is InChI=1S/C32H21N5/c1-5-11-29-22(7-1)17-19-35(29)24-13-15-25(16-14-24)37-33-28-21-31(26-9-3-4-10-27(26)32(28)34-37)36-20-18-23-8-2-6-12-30(23)36/h1-21H. The molecule has 8 aromatic rings. The summed E-state index contributed by atoms with van der Waals surface area (Å²) < 4.78 is 4.44. The summed E-state index contributed by atoms with van der Waals surface area (Å²) >= 11 is 0. The van der Waals surface area contributed by atoms with Crippen molar-refractivity contribution in [2.24, 2.45) is 0 Å². The van der Waals surface area contributed by atoms with E-state index in [2.05, 4.69) is 137 Å². The van der Waals surface area contributed by atoms with E-state index in [1.54, 1.807) is 4.80 Å². The first-order valence-electron chi connectivity index (χ1n) is 12.4. The highest BCUT2D eigenvalue weighted by Crippen LogP contribution is 2.32. The van der Waals surface area contributed by atoms with Gasteiger partial charge in [0.2, 0.25) is 0 Å². The van der Waals surface area contributed by atoms with E-state index < -0.39 is 0 Å². The van der Waals surface area contributed by atoms with Crippen LogP contribution in [0.1, 0.15) is 0 Å². The first-order valence-corrected chi connectivity index (χ1v) is 12.4. The molecule has 3 heterocycles. The summed E-state index contributed by atoms with van der Waals surface area (Å²) in [5, 5.41) is 14.5. The zero-order valence-electron chi connectivity index (χ0n) is 19.9. The molecule has 5 heteroatoms. The van der Waals surface area contributed by atoms with Crippen LogP contribution >= 0.6 is 0 Å². The number of fused-ring (bicyclic) bond motifs is 5. The third kappa shape index (κ3) is 3.04. The van der Waals surface area contributed by atoms with Gasteiger partial charge < -0.3 is 9.13 Å². The molecule has 0 aliphatic rings. The number of aromatic nitrogens is 5. The molecule has 0 N–H and O–H groups in total. The van der Waals surface area contributed by atoms with Gasteiger partial charge in [-0.3, -0.25) is 0 Å². The Balaban J connectivity index is 1.27. The summed E-state index contributed by atoms with van der Waals surface area (Å²) in [5.41, 5.74) is 7.26. The molecule has 0 atom stereocenters. The molecule has 37 heavy (non-hydrogen) atoms. The largest absolute Gasteiger partial charge is 0.317 e. The zero-order chi connectivity index (χ0) is 24.3. The van der Waals surface area contributed by atoms with Crippen molar-refractivity contribution in [1.29, 1.82) is 0 Å². The van der Waals surface area contributed by atoms with Gasteiger partial charge in [-0.15, -0.1) is 10.2 Å². The Morgan fingerprint density at radius 2 is 1.08 bits per heavy atom. The van der Waals surface area contributed by atoms with E-state index in [4.69, 9.17) is 10.2 Å². The Hall–Kier alpha value is -5.16. The molecule has 0 aliphatic carbocycles. The van der Waals surface area contributed by atoms with Gasteiger partial charge in [0, 0.05) is 28.9 Å². The second-order valence-electron chi connectivity index (χ2n) is 9.30. The SMILES string of the molecule is c1ccc2c(c1)ccn2-c1ccc(-n2nc3cc(-n4ccc5ccccc54)c4ccccc4c3n2)cc1. The van der Waals surface area contributed by atoms with E-state index in [0.29, 0.717) is 0 Å². The Morgan fingerprint density at radius 1 is 0.486 bits per heavy atom. The molecule has 174 valence electrons. The van der Waals surface area contributed by atoms with E-state index in [1.165, 1.54) is 21.8 Å². The second kappa shape index (κ2) is 7.67. The van der Waals surface area contributed by atoms with Crippen molar-refractivity contribution in [3.05, 3.63) is 128 Å². The van der Waals surface area contributed by atoms with Gasteiger partial charge in [0.1, 0.15) is 11.0 Å². The van der Waals surface area contributed by atoms with Crippen LogP contribution in [0.25, 0.3) is 60.7 Å². The van der Waals surface area contributed by atoms with Crippen molar-refractivity contribution in [3.8, 4) is 17.1 Å². The van der Waals surface area contributed by atoms with Crippen molar-refractivity contribution in [2.75, 3.05) is 0 Å². The highest BCUT2D eigenvalue weighted by atomic mass is 15.5. The minimum atomic E-state index is 0.868. The van der Waals surface area contributed by atoms with E-state index in [0.717, 1.165) is 38.9 Å². The maximum Gasteiger partial charge on any atom is 0.121 e. The van der Waals surface area contributed by atoms with Gasteiger partial charge in [0.05, 0.1) is 22.4 Å². The Bertz CT molecular complexity index is 2090. The van der Waals surface area contributed by atoms with Crippen molar-refractivity contribution in [3.63, 3.8) is 0 Å². The molecule has 0 radical (unpaired) electrons. The molecule has 0 fully saturated rings. The third-order valence-electron chi connectivity index (χ3n) is 7.19. The fourth-order valence-electron chi connectivity index (χ4n) is 5.39. The van der Waals surface area contributed by atoms with Crippen LogP contribution in [0.5, 0.6) is 0 Å². The average molecular weight is 476 g/mol. The molecule has 0 saturated carbocycles. The van der Waals surface area contributed by atoms with Gasteiger partial charge in [0.25, 0.3) is 0 Å². The summed E-state index contributed by atoms with van der Waals surface area (Å²) in [6, 6.07) is 40.1. The molecule has 0 aliphatic heterocycles. The maximum atomic E-state index is 4.93. The molecule has 0 bridgehead atoms. The van der Waals surface area contributed by atoms with Crippen molar-refractivity contribution in [1.82, 2.24) is 24.1 Å². The minimum absolute atomic E-state index is 0.868. The van der Waals surface area contributed by atoms with Crippen LogP contribution in [-0.2, 0) is 0 Å². The fraction of sp³-hybridized carbons (Fsp3) is 0. The highest BCUT2D eigenvalue weighted by molar-refractivity contribution is 6.08. The normalized spacial score (nSPS) is 11.8. The topological polar surface area (TPSA) is 40.6 Å². The number of hydrogen-bond donors (Lipinski definition) is 0. The monoisotopic (exact) mass is 475 g/mol. The Kier molecular flexibility index (Phi) is 4.16. The smallest absolute Gasteiger partial charge is 0.121 e. The maximum absolute atomic E-state index is 4.93. The predicted molar refractivity (Wildman–Crippen MR) is 150 cm³/mol. The number of benzene rings is 5. The van der Waals surface area contributed by atoms with Gasteiger partial charge >= 0.3 is 0 Å². The molecule has 5 nitrogen and oxygen atoms in total. The molecule has 0 amide bonds. The van der Waals surface area contributed by atoms with E-state index in [1.807, 2.05) is 0 Å². The number of rotatable bonds is 3. The molecule has 5 aromatic carbocycles. The number of hydrogen-bond acceptors (Lipinski definition) is 2. The first kappa shape index (κ1) is 20.1. The number of para-hydroxylation sites is 2. The second-order valence-corrected chi connectivity index (χ2v) is 9.30. The minimum Gasteiger partial charge on any atom is -0.317 e. The summed E-state index contributed by atoms with van der Waals surface area (Å²) in [7, 11) is 0. The highest BCUT2D eigenvalue weighted by Gasteiger charge is 2.15. The van der Waals surface area contributed by atoms with Crippen LogP contribution in [0.2, 0.25) is 0 Å². The predicted octanol–water partition coefficient (Wildman–Crippen LogP) is 7.46. The zero-order valence-corrected chi connectivity index (χ0v) is 19.9. The van der Waals surface area contributed by atoms with Crippen LogP contribution in [0.4, 0.5) is 0 Å². The first-order chi connectivity index (χ1) is 18.3. The lowest BCUT2D eigenvalue weighted by Crippen LogP contribution is -1.99. The third-order valence-corrected chi connectivity index (χ3v) is 7.19. The van der Waals surface area contributed by atoms with E-state index >= 15 is 0 Å². The summed E-state index contributed by atoms with van der Waals surface area (Å²) in [6.07, 6.45) is 4.24. The fourth-order valence-corrected chi connectivity index (χ4v) is 5.39. The molecular weight excluding hydrogens is 454 g/mol. The quantitative estimate of drug-likeness (QED) is 0.266. The van der Waals surface area contributed by atoms with Crippen molar-refractivity contribution < 1.29 is 0 Å². The van der Waals surface area contributed by atoms with Crippen LogP contribution in [0, 0.1) is 0 Å². The van der Waals surface area contributed by atoms with Crippen LogP contribution in [0.3, 0.4) is 0 Å². The van der Waals surface area contributed by atoms with Gasteiger partial charge in [-0.1, -0.05) is 60.7 Å². The van der Waals surface area contributed by atoms with E-state index in [9.17, 15) is 0 Å². The van der Waals surface area contributed by atoms with Crippen LogP contribution in [-0.4, -0.2) is 24.1 Å². The molecule has 3 aromatic heterocycles. The van der Waals surface area contributed by atoms with E-state index in [-0.39, 0.29) is 0 Å². The van der Waals surface area contributed by atoms with Crippen LogP contribution < -0.4 is 0 Å². The summed E-state index contributed by atoms with van der Waals surface area (Å²) in [4.78, 5) is 1.74. The summed E-state index contributed by atoms with van der Waals surface area (Å²) in [5.74, 6) is 0. The van der Waals surface area contributed by atoms with Crippen molar-refractivity contribution >= 4 is 43.6 Å².